The van der Waals surface area contributed by atoms with Crippen LogP contribution in [0.1, 0.15) is 27.6 Å². The van der Waals surface area contributed by atoms with E-state index in [1.165, 1.54) is 17.0 Å². The topological polar surface area (TPSA) is 20.3 Å². The Kier molecular flexibility index (Phi) is 4.67. The zero-order valence-electron chi connectivity index (χ0n) is 14.1. The van der Waals surface area contributed by atoms with Crippen LogP contribution in [-0.2, 0) is 11.2 Å². The van der Waals surface area contributed by atoms with Crippen LogP contribution in [0.5, 0.6) is 0 Å². The average Bonchev–Trinajstić information content (AvgIpc) is 3.16. The molecule has 1 atom stereocenters. The molecule has 1 aromatic heterocycles. The average molecular weight is 363 g/mol. The van der Waals surface area contributed by atoms with Gasteiger partial charge in [0.2, 0.25) is 5.91 Å². The van der Waals surface area contributed by atoms with Crippen molar-refractivity contribution in [1.29, 1.82) is 0 Å². The highest BCUT2D eigenvalue weighted by Crippen LogP contribution is 2.37. The maximum Gasteiger partial charge on any atom is 0.247 e. The molecule has 1 amide bonds. The normalized spacial score (nSPS) is 16.7. The summed E-state index contributed by atoms with van der Waals surface area (Å²) < 4.78 is 13.4. The molecule has 0 aliphatic carbocycles. The first kappa shape index (κ1) is 16.7. The number of carbonyl (C=O) groups excluding carboxylic acids is 1. The number of amides is 1. The Morgan fingerprint density at radius 1 is 1.08 bits per heavy atom. The van der Waals surface area contributed by atoms with Gasteiger partial charge in [0.1, 0.15) is 5.82 Å². The number of nitrogens with zero attached hydrogens (tertiary/aromatic N) is 1. The lowest BCUT2D eigenvalue weighted by molar-refractivity contribution is -0.127. The zero-order chi connectivity index (χ0) is 17.9. The van der Waals surface area contributed by atoms with Crippen LogP contribution in [0.3, 0.4) is 0 Å². The lowest BCUT2D eigenvalue weighted by Gasteiger charge is -2.35. The lowest BCUT2D eigenvalue weighted by atomic mass is 9.93. The van der Waals surface area contributed by atoms with E-state index in [1.54, 1.807) is 29.5 Å². The van der Waals surface area contributed by atoms with Gasteiger partial charge in [-0.3, -0.25) is 4.79 Å². The van der Waals surface area contributed by atoms with E-state index in [9.17, 15) is 9.18 Å². The van der Waals surface area contributed by atoms with Crippen molar-refractivity contribution in [3.05, 3.63) is 99.5 Å². The van der Waals surface area contributed by atoms with Crippen LogP contribution in [0.25, 0.3) is 6.08 Å². The number of hydrogen-bond donors (Lipinski definition) is 0. The van der Waals surface area contributed by atoms with Crippen molar-refractivity contribution in [2.75, 3.05) is 6.54 Å². The van der Waals surface area contributed by atoms with Gasteiger partial charge in [0.15, 0.2) is 0 Å². The summed E-state index contributed by atoms with van der Waals surface area (Å²) in [4.78, 5) is 16.1. The largest absolute Gasteiger partial charge is 0.328 e. The SMILES string of the molecule is O=C(/C=C/c1ccccc1)N1CCc2sccc2C1c1ccc(F)cc1. The molecule has 0 radical (unpaired) electrons. The van der Waals surface area contributed by atoms with Gasteiger partial charge in [-0.05, 0) is 52.8 Å². The van der Waals surface area contributed by atoms with E-state index < -0.39 is 0 Å². The van der Waals surface area contributed by atoms with Crippen LogP contribution in [-0.4, -0.2) is 17.4 Å². The van der Waals surface area contributed by atoms with E-state index in [0.717, 1.165) is 23.1 Å². The van der Waals surface area contributed by atoms with E-state index in [2.05, 4.69) is 11.4 Å². The highest BCUT2D eigenvalue weighted by molar-refractivity contribution is 7.10. The highest BCUT2D eigenvalue weighted by Gasteiger charge is 2.31. The number of benzene rings is 2. The maximum atomic E-state index is 13.4. The molecule has 4 heteroatoms. The number of rotatable bonds is 3. The summed E-state index contributed by atoms with van der Waals surface area (Å²) in [6, 6.07) is 18.1. The van der Waals surface area contributed by atoms with Gasteiger partial charge in [0, 0.05) is 17.5 Å². The number of halogens is 1. The van der Waals surface area contributed by atoms with E-state index in [-0.39, 0.29) is 17.8 Å². The Labute approximate surface area is 156 Å². The second-order valence-corrected chi connectivity index (χ2v) is 7.28. The second-order valence-electron chi connectivity index (χ2n) is 6.28. The molecule has 0 bridgehead atoms. The fourth-order valence-electron chi connectivity index (χ4n) is 3.39. The molecule has 3 aromatic rings. The summed E-state index contributed by atoms with van der Waals surface area (Å²) in [5, 5.41) is 2.06. The molecule has 1 unspecified atom stereocenters. The van der Waals surface area contributed by atoms with Crippen molar-refractivity contribution in [3.63, 3.8) is 0 Å². The third-order valence-electron chi connectivity index (χ3n) is 4.65. The van der Waals surface area contributed by atoms with Gasteiger partial charge in [0.05, 0.1) is 6.04 Å². The summed E-state index contributed by atoms with van der Waals surface area (Å²) >= 11 is 1.72. The van der Waals surface area contributed by atoms with Crippen molar-refractivity contribution in [1.82, 2.24) is 4.90 Å². The Hall–Kier alpha value is -2.72. The molecule has 0 saturated heterocycles. The van der Waals surface area contributed by atoms with Gasteiger partial charge < -0.3 is 4.90 Å². The fraction of sp³-hybridized carbons (Fsp3) is 0.136. The quantitative estimate of drug-likeness (QED) is 0.595. The first-order valence-electron chi connectivity index (χ1n) is 8.58. The van der Waals surface area contributed by atoms with Crippen molar-refractivity contribution >= 4 is 23.3 Å². The van der Waals surface area contributed by atoms with Crippen LogP contribution in [0.4, 0.5) is 4.39 Å². The Bertz CT molecular complexity index is 930. The van der Waals surface area contributed by atoms with E-state index in [4.69, 9.17) is 0 Å². The van der Waals surface area contributed by atoms with Gasteiger partial charge in [0.25, 0.3) is 0 Å². The Morgan fingerprint density at radius 3 is 2.62 bits per heavy atom. The minimum atomic E-state index is -0.267. The maximum absolute atomic E-state index is 13.4. The summed E-state index contributed by atoms with van der Waals surface area (Å²) in [7, 11) is 0. The van der Waals surface area contributed by atoms with Gasteiger partial charge in [-0.2, -0.15) is 0 Å². The van der Waals surface area contributed by atoms with Crippen LogP contribution in [0, 0.1) is 5.82 Å². The second kappa shape index (κ2) is 7.26. The molecule has 2 aromatic carbocycles. The van der Waals surface area contributed by atoms with Gasteiger partial charge in [-0.1, -0.05) is 42.5 Å². The molecular weight excluding hydrogens is 345 g/mol. The minimum Gasteiger partial charge on any atom is -0.328 e. The molecule has 1 aliphatic rings. The molecule has 2 nitrogen and oxygen atoms in total. The van der Waals surface area contributed by atoms with Crippen LogP contribution < -0.4 is 0 Å². The number of hydrogen-bond acceptors (Lipinski definition) is 2. The molecule has 26 heavy (non-hydrogen) atoms. The number of thiophene rings is 1. The van der Waals surface area contributed by atoms with Gasteiger partial charge in [-0.25, -0.2) is 4.39 Å². The zero-order valence-corrected chi connectivity index (χ0v) is 15.0. The van der Waals surface area contributed by atoms with Crippen molar-refractivity contribution in [3.8, 4) is 0 Å². The summed E-state index contributed by atoms with van der Waals surface area (Å²) in [6.45, 7) is 0.660. The van der Waals surface area contributed by atoms with Crippen LogP contribution in [0.2, 0.25) is 0 Å². The minimum absolute atomic E-state index is 0.0278. The molecule has 0 spiro atoms. The first-order chi connectivity index (χ1) is 12.7. The van der Waals surface area contributed by atoms with E-state index in [1.807, 2.05) is 41.3 Å². The molecule has 0 fully saturated rings. The molecule has 4 rings (SSSR count). The summed E-state index contributed by atoms with van der Waals surface area (Å²) in [6.07, 6.45) is 4.33. The summed E-state index contributed by atoms with van der Waals surface area (Å²) in [5.41, 5.74) is 3.08. The molecular formula is C22H18FNOS. The van der Waals surface area contributed by atoms with Crippen LogP contribution >= 0.6 is 11.3 Å². The van der Waals surface area contributed by atoms with Crippen molar-refractivity contribution in [2.45, 2.75) is 12.5 Å². The number of carbonyl (C=O) groups is 1. The molecule has 2 heterocycles. The predicted molar refractivity (Wildman–Crippen MR) is 103 cm³/mol. The Morgan fingerprint density at radius 2 is 1.85 bits per heavy atom. The third kappa shape index (κ3) is 3.33. The molecule has 0 saturated carbocycles. The van der Waals surface area contributed by atoms with E-state index in [0.29, 0.717) is 6.54 Å². The van der Waals surface area contributed by atoms with Gasteiger partial charge >= 0.3 is 0 Å². The standard InChI is InChI=1S/C22H18FNOS/c23-18-9-7-17(8-10-18)22-19-13-15-26-20(19)12-14-24(22)21(25)11-6-16-4-2-1-3-5-16/h1-11,13,15,22H,12,14H2/b11-6+. The first-order valence-corrected chi connectivity index (χ1v) is 9.46. The lowest BCUT2D eigenvalue weighted by Crippen LogP contribution is -2.39. The third-order valence-corrected chi connectivity index (χ3v) is 5.65. The monoisotopic (exact) mass is 363 g/mol. The molecule has 1 aliphatic heterocycles. The smallest absolute Gasteiger partial charge is 0.247 e. The molecule has 0 N–H and O–H groups in total. The summed E-state index contributed by atoms with van der Waals surface area (Å²) in [5.74, 6) is -0.294. The van der Waals surface area contributed by atoms with Crippen molar-refractivity contribution in [2.24, 2.45) is 0 Å². The van der Waals surface area contributed by atoms with Crippen molar-refractivity contribution < 1.29 is 9.18 Å². The predicted octanol–water partition coefficient (Wildman–Crippen LogP) is 5.07. The highest BCUT2D eigenvalue weighted by atomic mass is 32.1. The number of fused-ring (bicyclic) bond motifs is 1. The fourth-order valence-corrected chi connectivity index (χ4v) is 4.29. The van der Waals surface area contributed by atoms with E-state index >= 15 is 0 Å². The van der Waals surface area contributed by atoms with Crippen LogP contribution in [0.15, 0.2) is 72.1 Å². The Balaban J connectivity index is 1.66. The molecule has 130 valence electrons. The van der Waals surface area contributed by atoms with Gasteiger partial charge in [-0.15, -0.1) is 11.3 Å².